The van der Waals surface area contributed by atoms with Crippen molar-refractivity contribution in [3.8, 4) is 16.5 Å². The first-order valence-electron chi connectivity index (χ1n) is 13.1. The van der Waals surface area contributed by atoms with Crippen molar-refractivity contribution in [2.45, 2.75) is 44.6 Å². The van der Waals surface area contributed by atoms with Crippen LogP contribution in [-0.2, 0) is 0 Å². The maximum absolute atomic E-state index is 12.8. The zero-order chi connectivity index (χ0) is 26.1. The molecule has 4 aromatic heterocycles. The highest BCUT2D eigenvalue weighted by Gasteiger charge is 2.21. The lowest BCUT2D eigenvalue weighted by Crippen LogP contribution is -2.25. The molecule has 1 amide bonds. The van der Waals surface area contributed by atoms with Gasteiger partial charge in [0.15, 0.2) is 11.1 Å². The summed E-state index contributed by atoms with van der Waals surface area (Å²) in [5.41, 5.74) is 1.65. The summed E-state index contributed by atoms with van der Waals surface area (Å²) in [5, 5.41) is 18.1. The number of imidazole rings is 1. The Morgan fingerprint density at radius 2 is 2.08 bits per heavy atom. The van der Waals surface area contributed by atoms with Crippen molar-refractivity contribution >= 4 is 29.0 Å². The number of thiophene rings is 1. The van der Waals surface area contributed by atoms with Crippen LogP contribution in [-0.4, -0.2) is 72.7 Å². The van der Waals surface area contributed by atoms with Crippen LogP contribution in [0.1, 0.15) is 53.9 Å². The number of carbonyl (C=O) groups excluding carboxylic acids is 1. The fourth-order valence-electron chi connectivity index (χ4n) is 4.68. The third-order valence-electron chi connectivity index (χ3n) is 6.84. The monoisotopic (exact) mass is 534 g/mol. The van der Waals surface area contributed by atoms with E-state index in [1.54, 1.807) is 16.8 Å². The molecule has 0 atom stereocenters. The Bertz CT molecular complexity index is 1640. The van der Waals surface area contributed by atoms with E-state index in [1.807, 2.05) is 18.2 Å². The fourth-order valence-corrected chi connectivity index (χ4v) is 5.56. The van der Waals surface area contributed by atoms with Gasteiger partial charge in [0, 0.05) is 17.8 Å². The SMILES string of the molecule is O=C(NCCCCN1CCCC1)c1ccc(-c2cc(=NC3CC3)n3nc/c(=C\c4[nH]c(=O)[nH]c4O)c3n2)s1. The molecule has 1 saturated heterocycles. The first kappa shape index (κ1) is 24.6. The van der Waals surface area contributed by atoms with Crippen LogP contribution >= 0.6 is 11.3 Å². The highest BCUT2D eigenvalue weighted by atomic mass is 32.1. The molecule has 12 heteroatoms. The van der Waals surface area contributed by atoms with E-state index in [0.29, 0.717) is 33.5 Å². The average Bonchev–Trinajstić information content (AvgIpc) is 3.32. The van der Waals surface area contributed by atoms with Crippen molar-refractivity contribution in [3.05, 3.63) is 56.2 Å². The van der Waals surface area contributed by atoms with Gasteiger partial charge in [-0.2, -0.15) is 9.61 Å². The van der Waals surface area contributed by atoms with Crippen molar-refractivity contribution in [2.75, 3.05) is 26.2 Å². The van der Waals surface area contributed by atoms with E-state index in [9.17, 15) is 14.7 Å². The Balaban J connectivity index is 1.23. The number of aromatic hydroxyl groups is 1. The second-order valence-electron chi connectivity index (χ2n) is 9.86. The van der Waals surface area contributed by atoms with Gasteiger partial charge in [0.25, 0.3) is 5.91 Å². The Labute approximate surface area is 222 Å². The lowest BCUT2D eigenvalue weighted by atomic mass is 10.3. The number of nitrogens with one attached hydrogen (secondary N) is 3. The summed E-state index contributed by atoms with van der Waals surface area (Å²) in [7, 11) is 0. The maximum atomic E-state index is 12.8. The molecule has 0 bridgehead atoms. The van der Waals surface area contributed by atoms with Gasteiger partial charge in [-0.3, -0.25) is 14.8 Å². The van der Waals surface area contributed by atoms with E-state index < -0.39 is 5.69 Å². The fraction of sp³-hybridized carbons (Fsp3) is 0.423. The number of hydrogen-bond donors (Lipinski definition) is 4. The minimum atomic E-state index is -0.501. The van der Waals surface area contributed by atoms with Gasteiger partial charge in [0.2, 0.25) is 5.88 Å². The van der Waals surface area contributed by atoms with Crippen molar-refractivity contribution in [1.29, 1.82) is 0 Å². The number of rotatable bonds is 9. The molecule has 4 N–H and O–H groups in total. The minimum absolute atomic E-state index is 0.0725. The number of amides is 1. The highest BCUT2D eigenvalue weighted by molar-refractivity contribution is 7.17. The topological polar surface area (TPSA) is 144 Å². The van der Waals surface area contributed by atoms with Crippen LogP contribution in [0.4, 0.5) is 0 Å². The molecule has 198 valence electrons. The van der Waals surface area contributed by atoms with E-state index in [0.717, 1.165) is 37.1 Å². The highest BCUT2D eigenvalue weighted by Crippen LogP contribution is 2.27. The number of H-pyrrole nitrogens is 2. The Morgan fingerprint density at radius 1 is 1.24 bits per heavy atom. The summed E-state index contributed by atoms with van der Waals surface area (Å²) in [6.45, 7) is 4.17. The van der Waals surface area contributed by atoms with Crippen LogP contribution < -0.4 is 21.7 Å². The summed E-state index contributed by atoms with van der Waals surface area (Å²) in [6.07, 6.45) is 9.97. The minimum Gasteiger partial charge on any atom is -0.493 e. The van der Waals surface area contributed by atoms with E-state index in [1.165, 1.54) is 37.3 Å². The summed E-state index contributed by atoms with van der Waals surface area (Å²) >= 11 is 1.39. The number of unbranched alkanes of at least 4 members (excludes halogenated alkanes) is 1. The van der Waals surface area contributed by atoms with Crippen LogP contribution in [0.5, 0.6) is 5.88 Å². The Hall–Kier alpha value is -3.77. The molecular weight excluding hydrogens is 504 g/mol. The summed E-state index contributed by atoms with van der Waals surface area (Å²) in [6, 6.07) is 5.89. The first-order valence-corrected chi connectivity index (χ1v) is 13.9. The number of hydrogen-bond acceptors (Lipinski definition) is 8. The molecular formula is C26H30N8O3S. The lowest BCUT2D eigenvalue weighted by molar-refractivity contribution is 0.0956. The van der Waals surface area contributed by atoms with Gasteiger partial charge < -0.3 is 20.3 Å². The summed E-state index contributed by atoms with van der Waals surface area (Å²) < 4.78 is 1.67. The van der Waals surface area contributed by atoms with E-state index in [-0.39, 0.29) is 23.5 Å². The second kappa shape index (κ2) is 10.5. The summed E-state index contributed by atoms with van der Waals surface area (Å²) in [4.78, 5) is 42.8. The smallest absolute Gasteiger partial charge is 0.326 e. The van der Waals surface area contributed by atoms with Gasteiger partial charge in [-0.1, -0.05) is 0 Å². The lowest BCUT2D eigenvalue weighted by Gasteiger charge is -2.13. The third kappa shape index (κ3) is 5.41. The van der Waals surface area contributed by atoms with Gasteiger partial charge in [-0.25, -0.2) is 9.78 Å². The van der Waals surface area contributed by atoms with Gasteiger partial charge in [-0.15, -0.1) is 11.3 Å². The van der Waals surface area contributed by atoms with Crippen LogP contribution in [0.15, 0.2) is 34.2 Å². The van der Waals surface area contributed by atoms with E-state index in [4.69, 9.17) is 9.98 Å². The standard InChI is InChI=1S/C26H30N8O3S/c35-24-19(31-26(37)32-24)13-16-15-28-34-22(29-17-5-6-17)14-18(30-23(16)34)20-7-8-21(38-20)25(36)27-9-1-2-10-33-11-3-4-12-33/h7-8,13-15,17,35H,1-6,9-12H2,(H,27,36)(H2,31,32,37)/b16-13+,29-22?. The Morgan fingerprint density at radius 3 is 2.84 bits per heavy atom. The molecule has 5 heterocycles. The molecule has 0 aromatic carbocycles. The van der Waals surface area contributed by atoms with Crippen molar-refractivity contribution in [3.63, 3.8) is 0 Å². The van der Waals surface area contributed by atoms with E-state index in [2.05, 4.69) is 25.3 Å². The molecule has 4 aromatic rings. The number of fused-ring (bicyclic) bond motifs is 1. The third-order valence-corrected chi connectivity index (χ3v) is 7.95. The van der Waals surface area contributed by atoms with Gasteiger partial charge in [-0.05, 0) is 76.4 Å². The number of aromatic amines is 2. The number of aromatic nitrogens is 5. The largest absolute Gasteiger partial charge is 0.493 e. The number of likely N-dealkylation sites (tertiary alicyclic amines) is 1. The summed E-state index contributed by atoms with van der Waals surface area (Å²) in [5.74, 6) is -0.324. The molecule has 1 aliphatic carbocycles. The maximum Gasteiger partial charge on any atom is 0.326 e. The van der Waals surface area contributed by atoms with Crippen LogP contribution in [0.3, 0.4) is 0 Å². The van der Waals surface area contributed by atoms with Crippen LogP contribution in [0.25, 0.3) is 22.3 Å². The molecule has 0 radical (unpaired) electrons. The predicted molar refractivity (Wildman–Crippen MR) is 144 cm³/mol. The van der Waals surface area contributed by atoms with Gasteiger partial charge in [0.05, 0.1) is 27.7 Å². The quantitative estimate of drug-likeness (QED) is 0.239. The molecule has 0 unspecified atom stereocenters. The van der Waals surface area contributed by atoms with Gasteiger partial charge >= 0.3 is 5.69 Å². The van der Waals surface area contributed by atoms with Crippen molar-refractivity contribution in [1.82, 2.24) is 34.8 Å². The molecule has 38 heavy (non-hydrogen) atoms. The second-order valence-corrected chi connectivity index (χ2v) is 10.9. The molecule has 0 spiro atoms. The predicted octanol–water partition coefficient (Wildman–Crippen LogP) is 1.40. The molecule has 2 fully saturated rings. The molecule has 1 aliphatic heterocycles. The number of carbonyl (C=O) groups is 1. The zero-order valence-corrected chi connectivity index (χ0v) is 21.8. The molecule has 1 saturated carbocycles. The van der Waals surface area contributed by atoms with Crippen LogP contribution in [0, 0.1) is 0 Å². The normalized spacial score (nSPS) is 17.2. The average molecular weight is 535 g/mol. The molecule has 11 nitrogen and oxygen atoms in total. The van der Waals surface area contributed by atoms with Gasteiger partial charge in [0.1, 0.15) is 5.69 Å². The number of nitrogens with zero attached hydrogens (tertiary/aromatic N) is 5. The zero-order valence-electron chi connectivity index (χ0n) is 20.9. The van der Waals surface area contributed by atoms with Crippen LogP contribution in [0.2, 0.25) is 0 Å². The molecule has 2 aliphatic rings. The molecule has 6 rings (SSSR count). The van der Waals surface area contributed by atoms with Crippen molar-refractivity contribution in [2.24, 2.45) is 4.99 Å². The first-order chi connectivity index (χ1) is 18.5. The van der Waals surface area contributed by atoms with Crippen molar-refractivity contribution < 1.29 is 9.90 Å². The Kier molecular flexibility index (Phi) is 6.81. The van der Waals surface area contributed by atoms with E-state index >= 15 is 0 Å².